The molecule has 0 bridgehead atoms. The van der Waals surface area contributed by atoms with Gasteiger partial charge in [0.1, 0.15) is 11.2 Å². The molecule has 0 saturated carbocycles. The monoisotopic (exact) mass is 507 g/mol. The quantitative estimate of drug-likeness (QED) is 0.216. The van der Waals surface area contributed by atoms with Crippen LogP contribution in [0.4, 0.5) is 17.1 Å². The van der Waals surface area contributed by atoms with Gasteiger partial charge in [0.15, 0.2) is 0 Å². The van der Waals surface area contributed by atoms with Crippen LogP contribution in [0.2, 0.25) is 0 Å². The van der Waals surface area contributed by atoms with Gasteiger partial charge in [0.05, 0.1) is 0 Å². The molecule has 7 aromatic rings. The Hall–Kier alpha value is -5.02. The molecular formula is C37H22BNO. The van der Waals surface area contributed by atoms with E-state index in [4.69, 9.17) is 4.42 Å². The van der Waals surface area contributed by atoms with Crippen LogP contribution in [-0.2, 0) is 0 Å². The van der Waals surface area contributed by atoms with Gasteiger partial charge < -0.3 is 9.32 Å². The first kappa shape index (κ1) is 20.9. The molecule has 0 fully saturated rings. The highest BCUT2D eigenvalue weighted by molar-refractivity contribution is 6.99. The first-order valence-electron chi connectivity index (χ1n) is 14.0. The normalized spacial score (nSPS) is 15.7. The Morgan fingerprint density at radius 3 is 2.30 bits per heavy atom. The van der Waals surface area contributed by atoms with Crippen molar-refractivity contribution in [1.82, 2.24) is 0 Å². The maximum absolute atomic E-state index is 6.35. The molecule has 3 heterocycles. The summed E-state index contributed by atoms with van der Waals surface area (Å²) in [5, 5.41) is 2.44. The minimum atomic E-state index is 0.194. The van der Waals surface area contributed by atoms with Crippen LogP contribution in [0.15, 0.2) is 132 Å². The number of rotatable bonds is 1. The Balaban J connectivity index is 1.34. The molecular weight excluding hydrogens is 485 g/mol. The van der Waals surface area contributed by atoms with Crippen molar-refractivity contribution in [3.63, 3.8) is 0 Å². The van der Waals surface area contributed by atoms with Gasteiger partial charge in [0.25, 0.3) is 0 Å². The molecule has 0 spiro atoms. The van der Waals surface area contributed by atoms with E-state index in [1.807, 2.05) is 0 Å². The van der Waals surface area contributed by atoms with Gasteiger partial charge in [-0.2, -0.15) is 0 Å². The van der Waals surface area contributed by atoms with Crippen LogP contribution in [0.1, 0.15) is 22.6 Å². The van der Waals surface area contributed by atoms with Gasteiger partial charge in [-0.1, -0.05) is 96.5 Å². The zero-order valence-corrected chi connectivity index (χ0v) is 21.6. The average Bonchev–Trinajstić information content (AvgIpc) is 3.56. The van der Waals surface area contributed by atoms with Gasteiger partial charge in [0.2, 0.25) is 6.71 Å². The van der Waals surface area contributed by atoms with E-state index >= 15 is 0 Å². The second-order valence-corrected chi connectivity index (χ2v) is 11.2. The molecule has 2 aliphatic heterocycles. The molecule has 3 aliphatic rings. The Kier molecular flexibility index (Phi) is 3.83. The Morgan fingerprint density at radius 2 is 1.35 bits per heavy atom. The van der Waals surface area contributed by atoms with Crippen LogP contribution >= 0.6 is 0 Å². The number of hydrogen-bond acceptors (Lipinski definition) is 2. The fraction of sp³-hybridized carbons (Fsp3) is 0.0270. The van der Waals surface area contributed by atoms with Crippen LogP contribution in [0.5, 0.6) is 0 Å². The standard InChI is InChI=1S/C37H22BNO/c1-2-10-22(11-3-1)39-29-17-6-5-15-27(29)38-28-16-8-13-24-33-25(34(35(24)28)26-14-9-18-30(39)37(26)38)20-21-32-36(33)23-12-4-7-19-31(23)40-32/h1-21,34H. The van der Waals surface area contributed by atoms with Crippen LogP contribution < -0.4 is 21.3 Å². The highest BCUT2D eigenvalue weighted by Gasteiger charge is 2.47. The first-order valence-corrected chi connectivity index (χ1v) is 14.0. The molecule has 1 unspecified atom stereocenters. The fourth-order valence-corrected chi connectivity index (χ4v) is 7.95. The van der Waals surface area contributed by atoms with Crippen LogP contribution in [0.3, 0.4) is 0 Å². The van der Waals surface area contributed by atoms with Crippen LogP contribution in [0.25, 0.3) is 33.1 Å². The summed E-state index contributed by atoms with van der Waals surface area (Å²) in [6.45, 7) is 0.194. The highest BCUT2D eigenvalue weighted by Crippen LogP contribution is 2.54. The number of fused-ring (bicyclic) bond motifs is 11. The maximum atomic E-state index is 6.35. The van der Waals surface area contributed by atoms with E-state index in [0.717, 1.165) is 11.2 Å². The number of hydrogen-bond donors (Lipinski definition) is 0. The zero-order chi connectivity index (χ0) is 25.9. The molecule has 184 valence electrons. The van der Waals surface area contributed by atoms with Crippen molar-refractivity contribution >= 4 is 62.1 Å². The summed E-state index contributed by atoms with van der Waals surface area (Å²) in [6.07, 6.45) is 0. The van der Waals surface area contributed by atoms with Crippen molar-refractivity contribution in [2.24, 2.45) is 0 Å². The smallest absolute Gasteiger partial charge is 0.247 e. The van der Waals surface area contributed by atoms with Crippen LogP contribution in [0, 0.1) is 0 Å². The summed E-state index contributed by atoms with van der Waals surface area (Å²) in [6, 6.07) is 46.7. The number of anilines is 3. The SMILES string of the molecule is c1ccc(N2c3ccccc3B3c4cccc5c4C(c4cccc2c43)c2ccc3oc4ccccc4c3c2-5)cc1. The molecule has 10 rings (SSSR count). The van der Waals surface area contributed by atoms with E-state index < -0.39 is 0 Å². The summed E-state index contributed by atoms with van der Waals surface area (Å²) in [7, 11) is 0. The number of para-hydroxylation sites is 3. The van der Waals surface area contributed by atoms with E-state index in [0.29, 0.717) is 0 Å². The predicted molar refractivity (Wildman–Crippen MR) is 166 cm³/mol. The molecule has 6 aromatic carbocycles. The first-order chi connectivity index (χ1) is 19.9. The van der Waals surface area contributed by atoms with Gasteiger partial charge in [-0.25, -0.2) is 0 Å². The minimum Gasteiger partial charge on any atom is -0.456 e. The third-order valence-electron chi connectivity index (χ3n) is 9.36. The summed E-state index contributed by atoms with van der Waals surface area (Å²) in [5.74, 6) is 0.202. The van der Waals surface area contributed by atoms with Crippen molar-refractivity contribution in [2.75, 3.05) is 4.90 Å². The van der Waals surface area contributed by atoms with Gasteiger partial charge in [0, 0.05) is 33.8 Å². The van der Waals surface area contributed by atoms with E-state index in [-0.39, 0.29) is 12.6 Å². The van der Waals surface area contributed by atoms with Gasteiger partial charge in [-0.15, -0.1) is 0 Å². The fourth-order valence-electron chi connectivity index (χ4n) is 7.95. The highest BCUT2D eigenvalue weighted by atomic mass is 16.3. The lowest BCUT2D eigenvalue weighted by atomic mass is 9.31. The van der Waals surface area contributed by atoms with Gasteiger partial charge in [-0.3, -0.25) is 0 Å². The molecule has 2 nitrogen and oxygen atoms in total. The van der Waals surface area contributed by atoms with E-state index in [2.05, 4.69) is 132 Å². The lowest BCUT2D eigenvalue weighted by molar-refractivity contribution is 0.669. The molecule has 3 heteroatoms. The minimum absolute atomic E-state index is 0.194. The number of benzene rings is 6. The zero-order valence-electron chi connectivity index (χ0n) is 21.6. The lowest BCUT2D eigenvalue weighted by Crippen LogP contribution is -2.61. The number of nitrogens with zero attached hydrogens (tertiary/aromatic N) is 1. The van der Waals surface area contributed by atoms with Crippen molar-refractivity contribution in [2.45, 2.75) is 5.92 Å². The predicted octanol–water partition coefficient (Wildman–Crippen LogP) is 7.36. The molecule has 0 N–H and O–H groups in total. The van der Waals surface area contributed by atoms with Crippen molar-refractivity contribution in [1.29, 1.82) is 0 Å². The van der Waals surface area contributed by atoms with Gasteiger partial charge in [-0.05, 0) is 75.1 Å². The maximum Gasteiger partial charge on any atom is 0.247 e. The van der Waals surface area contributed by atoms with Gasteiger partial charge >= 0.3 is 0 Å². The summed E-state index contributed by atoms with van der Waals surface area (Å²) in [5.41, 5.74) is 16.9. The second kappa shape index (κ2) is 7.34. The Morgan fingerprint density at radius 1 is 0.575 bits per heavy atom. The molecule has 0 saturated heterocycles. The third kappa shape index (κ3) is 2.42. The summed E-state index contributed by atoms with van der Waals surface area (Å²) in [4.78, 5) is 2.46. The molecule has 0 amide bonds. The van der Waals surface area contributed by atoms with Crippen molar-refractivity contribution < 1.29 is 4.42 Å². The second-order valence-electron chi connectivity index (χ2n) is 11.2. The molecule has 1 aromatic heterocycles. The Bertz CT molecular complexity index is 2190. The Labute approximate surface area is 232 Å². The van der Waals surface area contributed by atoms with Crippen molar-refractivity contribution in [3.8, 4) is 11.1 Å². The van der Waals surface area contributed by atoms with E-state index in [1.165, 1.54) is 72.0 Å². The van der Waals surface area contributed by atoms with E-state index in [9.17, 15) is 0 Å². The largest absolute Gasteiger partial charge is 0.456 e. The lowest BCUT2D eigenvalue weighted by Gasteiger charge is -2.42. The van der Waals surface area contributed by atoms with E-state index in [1.54, 1.807) is 0 Å². The molecule has 1 aliphatic carbocycles. The average molecular weight is 507 g/mol. The number of furan rings is 1. The molecule has 40 heavy (non-hydrogen) atoms. The topological polar surface area (TPSA) is 16.4 Å². The molecule has 1 atom stereocenters. The third-order valence-corrected chi connectivity index (χ3v) is 9.36. The molecule has 0 radical (unpaired) electrons. The van der Waals surface area contributed by atoms with Crippen LogP contribution in [-0.4, -0.2) is 6.71 Å². The summed E-state index contributed by atoms with van der Waals surface area (Å²) >= 11 is 0. The summed E-state index contributed by atoms with van der Waals surface area (Å²) < 4.78 is 6.35. The van der Waals surface area contributed by atoms with Crippen molar-refractivity contribution in [3.05, 3.63) is 144 Å².